The zero-order chi connectivity index (χ0) is 14.7. The van der Waals surface area contributed by atoms with Gasteiger partial charge < -0.3 is 15.0 Å². The quantitative estimate of drug-likeness (QED) is 0.887. The molecular weight excluding hydrogens is 264 g/mol. The lowest BCUT2D eigenvalue weighted by atomic mass is 9.93. The maximum Gasteiger partial charge on any atom is 0.268 e. The molecular formula is C17H20N2O2. The van der Waals surface area contributed by atoms with Gasteiger partial charge in [0.15, 0.2) is 0 Å². The summed E-state index contributed by atoms with van der Waals surface area (Å²) in [4.78, 5) is 12.3. The SMILES string of the molecule is O=C(NCC(O)c1ccccc1)c1cccn1C1CCC1. The van der Waals surface area contributed by atoms with Gasteiger partial charge in [-0.25, -0.2) is 0 Å². The fourth-order valence-electron chi connectivity index (χ4n) is 2.64. The van der Waals surface area contributed by atoms with E-state index in [0.717, 1.165) is 18.4 Å². The zero-order valence-corrected chi connectivity index (χ0v) is 11.9. The summed E-state index contributed by atoms with van der Waals surface area (Å²) in [7, 11) is 0. The Balaban J connectivity index is 1.60. The topological polar surface area (TPSA) is 54.3 Å². The van der Waals surface area contributed by atoms with E-state index >= 15 is 0 Å². The Kier molecular flexibility index (Phi) is 4.06. The van der Waals surface area contributed by atoms with E-state index in [-0.39, 0.29) is 12.5 Å². The maximum atomic E-state index is 12.3. The van der Waals surface area contributed by atoms with Gasteiger partial charge in [0.25, 0.3) is 5.91 Å². The van der Waals surface area contributed by atoms with Crippen LogP contribution in [0.3, 0.4) is 0 Å². The predicted molar refractivity (Wildman–Crippen MR) is 81.1 cm³/mol. The first-order valence-electron chi connectivity index (χ1n) is 7.44. The lowest BCUT2D eigenvalue weighted by Crippen LogP contribution is -2.31. The Morgan fingerprint density at radius 1 is 1.24 bits per heavy atom. The molecule has 2 aromatic rings. The van der Waals surface area contributed by atoms with E-state index in [4.69, 9.17) is 0 Å². The molecule has 1 atom stereocenters. The number of rotatable bonds is 5. The van der Waals surface area contributed by atoms with Crippen molar-refractivity contribution in [3.05, 3.63) is 59.9 Å². The van der Waals surface area contributed by atoms with Crippen LogP contribution in [-0.2, 0) is 0 Å². The van der Waals surface area contributed by atoms with E-state index in [9.17, 15) is 9.90 Å². The van der Waals surface area contributed by atoms with Crippen molar-refractivity contribution in [2.75, 3.05) is 6.54 Å². The van der Waals surface area contributed by atoms with Gasteiger partial charge in [-0.15, -0.1) is 0 Å². The molecule has 1 saturated carbocycles. The minimum Gasteiger partial charge on any atom is -0.387 e. The second-order valence-corrected chi connectivity index (χ2v) is 5.52. The lowest BCUT2D eigenvalue weighted by Gasteiger charge is -2.28. The monoisotopic (exact) mass is 284 g/mol. The summed E-state index contributed by atoms with van der Waals surface area (Å²) in [6.45, 7) is 0.221. The zero-order valence-electron chi connectivity index (χ0n) is 11.9. The van der Waals surface area contributed by atoms with Gasteiger partial charge in [0.05, 0.1) is 6.10 Å². The fraction of sp³-hybridized carbons (Fsp3) is 0.353. The largest absolute Gasteiger partial charge is 0.387 e. The highest BCUT2D eigenvalue weighted by atomic mass is 16.3. The van der Waals surface area contributed by atoms with Gasteiger partial charge in [0.1, 0.15) is 5.69 Å². The second kappa shape index (κ2) is 6.14. The first-order chi connectivity index (χ1) is 10.3. The number of nitrogens with zero attached hydrogens (tertiary/aromatic N) is 1. The maximum absolute atomic E-state index is 12.3. The Hall–Kier alpha value is -2.07. The van der Waals surface area contributed by atoms with E-state index in [1.165, 1.54) is 6.42 Å². The molecule has 2 N–H and O–H groups in total. The molecule has 0 saturated heterocycles. The Bertz CT molecular complexity index is 602. The molecule has 0 bridgehead atoms. The van der Waals surface area contributed by atoms with Gasteiger partial charge in [0, 0.05) is 18.8 Å². The van der Waals surface area contributed by atoms with Crippen LogP contribution < -0.4 is 5.32 Å². The summed E-state index contributed by atoms with van der Waals surface area (Å²) in [5.74, 6) is -0.123. The summed E-state index contributed by atoms with van der Waals surface area (Å²) in [6, 6.07) is 13.6. The molecule has 1 aromatic carbocycles. The molecule has 21 heavy (non-hydrogen) atoms. The van der Waals surface area contributed by atoms with Crippen molar-refractivity contribution in [1.82, 2.24) is 9.88 Å². The van der Waals surface area contributed by atoms with Crippen molar-refractivity contribution < 1.29 is 9.90 Å². The number of nitrogens with one attached hydrogen (secondary N) is 1. The van der Waals surface area contributed by atoms with Crippen molar-refractivity contribution in [2.45, 2.75) is 31.4 Å². The third kappa shape index (κ3) is 3.00. The van der Waals surface area contributed by atoms with Crippen LogP contribution in [0.2, 0.25) is 0 Å². The average molecular weight is 284 g/mol. The Morgan fingerprint density at radius 2 is 2.00 bits per heavy atom. The number of carbonyl (C=O) groups excluding carboxylic acids is 1. The first-order valence-corrected chi connectivity index (χ1v) is 7.44. The van der Waals surface area contributed by atoms with Crippen LogP contribution in [0.1, 0.15) is 47.5 Å². The molecule has 110 valence electrons. The van der Waals surface area contributed by atoms with Crippen LogP contribution in [0, 0.1) is 0 Å². The number of hydrogen-bond donors (Lipinski definition) is 2. The third-order valence-corrected chi connectivity index (χ3v) is 4.12. The standard InChI is InChI=1S/C17H20N2O2/c20-16(13-6-2-1-3-7-13)12-18-17(21)15-10-5-11-19(15)14-8-4-9-14/h1-3,5-7,10-11,14,16,20H,4,8-9,12H2,(H,18,21). The summed E-state index contributed by atoms with van der Waals surface area (Å²) >= 11 is 0. The first kappa shape index (κ1) is 13.9. The lowest BCUT2D eigenvalue weighted by molar-refractivity contribution is 0.0901. The van der Waals surface area contributed by atoms with Gasteiger partial charge in [-0.2, -0.15) is 0 Å². The number of aliphatic hydroxyl groups is 1. The number of aromatic nitrogens is 1. The van der Waals surface area contributed by atoms with Gasteiger partial charge in [-0.1, -0.05) is 30.3 Å². The normalized spacial score (nSPS) is 16.2. The number of hydrogen-bond acceptors (Lipinski definition) is 2. The van der Waals surface area contributed by atoms with Crippen LogP contribution in [-0.4, -0.2) is 22.1 Å². The van der Waals surface area contributed by atoms with Crippen molar-refractivity contribution >= 4 is 5.91 Å². The molecule has 1 unspecified atom stereocenters. The molecule has 1 aromatic heterocycles. The molecule has 0 spiro atoms. The minimum atomic E-state index is -0.678. The van der Waals surface area contributed by atoms with Gasteiger partial charge >= 0.3 is 0 Å². The number of carbonyl (C=O) groups is 1. The van der Waals surface area contributed by atoms with Gasteiger partial charge in [0.2, 0.25) is 0 Å². The molecule has 1 aliphatic carbocycles. The summed E-state index contributed by atoms with van der Waals surface area (Å²) in [5, 5.41) is 12.9. The van der Waals surface area contributed by atoms with Crippen LogP contribution in [0.15, 0.2) is 48.7 Å². The van der Waals surface area contributed by atoms with Crippen LogP contribution in [0.4, 0.5) is 0 Å². The molecule has 1 amide bonds. The highest BCUT2D eigenvalue weighted by molar-refractivity contribution is 5.92. The predicted octanol–water partition coefficient (Wildman–Crippen LogP) is 2.68. The molecule has 1 fully saturated rings. The number of aliphatic hydroxyl groups excluding tert-OH is 1. The smallest absolute Gasteiger partial charge is 0.268 e. The van der Waals surface area contributed by atoms with Crippen molar-refractivity contribution in [3.8, 4) is 0 Å². The van der Waals surface area contributed by atoms with Gasteiger partial charge in [-0.05, 0) is 37.0 Å². The van der Waals surface area contributed by atoms with Crippen molar-refractivity contribution in [2.24, 2.45) is 0 Å². The van der Waals surface area contributed by atoms with Crippen molar-refractivity contribution in [1.29, 1.82) is 0 Å². The Labute approximate surface area is 124 Å². The van der Waals surface area contributed by atoms with Crippen LogP contribution >= 0.6 is 0 Å². The highest BCUT2D eigenvalue weighted by Gasteiger charge is 2.23. The molecule has 1 aliphatic rings. The summed E-state index contributed by atoms with van der Waals surface area (Å²) in [5.41, 5.74) is 1.49. The molecule has 0 aliphatic heterocycles. The third-order valence-electron chi connectivity index (χ3n) is 4.12. The molecule has 4 nitrogen and oxygen atoms in total. The summed E-state index contributed by atoms with van der Waals surface area (Å²) in [6.07, 6.45) is 4.80. The fourth-order valence-corrected chi connectivity index (χ4v) is 2.64. The molecule has 4 heteroatoms. The van der Waals surface area contributed by atoms with Gasteiger partial charge in [-0.3, -0.25) is 4.79 Å². The molecule has 1 heterocycles. The minimum absolute atomic E-state index is 0.123. The van der Waals surface area contributed by atoms with E-state index < -0.39 is 6.10 Å². The van der Waals surface area contributed by atoms with Crippen LogP contribution in [0.25, 0.3) is 0 Å². The van der Waals surface area contributed by atoms with Crippen LogP contribution in [0.5, 0.6) is 0 Å². The summed E-state index contributed by atoms with van der Waals surface area (Å²) < 4.78 is 2.05. The highest BCUT2D eigenvalue weighted by Crippen LogP contribution is 2.32. The van der Waals surface area contributed by atoms with Crippen molar-refractivity contribution in [3.63, 3.8) is 0 Å². The Morgan fingerprint density at radius 3 is 2.67 bits per heavy atom. The van der Waals surface area contributed by atoms with E-state index in [0.29, 0.717) is 11.7 Å². The molecule has 3 rings (SSSR count). The molecule has 0 radical (unpaired) electrons. The van der Waals surface area contributed by atoms with E-state index in [1.807, 2.05) is 53.2 Å². The average Bonchev–Trinajstić information content (AvgIpc) is 2.92. The van der Waals surface area contributed by atoms with E-state index in [2.05, 4.69) is 5.32 Å². The van der Waals surface area contributed by atoms with E-state index in [1.54, 1.807) is 0 Å². The second-order valence-electron chi connectivity index (χ2n) is 5.52. The number of amides is 1. The number of benzene rings is 1.